The Balaban J connectivity index is 1.76. The maximum Gasteiger partial charge on any atom is 0.309 e. The molecule has 7 nitrogen and oxygen atoms in total. The summed E-state index contributed by atoms with van der Waals surface area (Å²) in [5.41, 5.74) is 7.38. The van der Waals surface area contributed by atoms with Crippen LogP contribution in [0.25, 0.3) is 0 Å². The summed E-state index contributed by atoms with van der Waals surface area (Å²) in [6.45, 7) is 0.129. The van der Waals surface area contributed by atoms with E-state index >= 15 is 0 Å². The number of nitrogens with zero attached hydrogens (tertiary/aromatic N) is 2. The molecule has 1 aliphatic carbocycles. The Labute approximate surface area is 161 Å². The second-order valence-electron chi connectivity index (χ2n) is 6.64. The van der Waals surface area contributed by atoms with E-state index in [2.05, 4.69) is 4.98 Å². The Morgan fingerprint density at radius 1 is 1.33 bits per heavy atom. The predicted molar refractivity (Wildman–Crippen MR) is 100 cm³/mol. The van der Waals surface area contributed by atoms with Crippen LogP contribution in [0.15, 0.2) is 24.4 Å². The number of thiophene rings is 1. The number of amides is 2. The zero-order chi connectivity index (χ0) is 19.6. The standard InChI is InChI=1S/C19H21N3O4S/c1-22(2)18(24)15-13-7-6-11(9-14(13)27-16(15)17(20)23)19(25)26-10-12-5-3-4-8-21-12/h3-5,8,11H,6-7,9-10H2,1-2H3,(H2,20,23). The number of hydrogen-bond acceptors (Lipinski definition) is 6. The van der Waals surface area contributed by atoms with Gasteiger partial charge in [-0.05, 0) is 37.0 Å². The van der Waals surface area contributed by atoms with Gasteiger partial charge in [0.1, 0.15) is 11.5 Å². The summed E-state index contributed by atoms with van der Waals surface area (Å²) in [7, 11) is 3.27. The minimum Gasteiger partial charge on any atom is -0.459 e. The predicted octanol–water partition coefficient (Wildman–Crippen LogP) is 1.79. The molecule has 0 aromatic carbocycles. The van der Waals surface area contributed by atoms with E-state index < -0.39 is 5.91 Å². The highest BCUT2D eigenvalue weighted by molar-refractivity contribution is 7.14. The minimum absolute atomic E-state index is 0.129. The Morgan fingerprint density at radius 2 is 2.11 bits per heavy atom. The number of hydrogen-bond donors (Lipinski definition) is 1. The van der Waals surface area contributed by atoms with Crippen molar-refractivity contribution < 1.29 is 19.1 Å². The molecule has 2 aromatic rings. The fraction of sp³-hybridized carbons (Fsp3) is 0.368. The van der Waals surface area contributed by atoms with Gasteiger partial charge in [-0.1, -0.05) is 6.07 Å². The minimum atomic E-state index is -0.617. The number of primary amides is 1. The molecule has 142 valence electrons. The van der Waals surface area contributed by atoms with Gasteiger partial charge < -0.3 is 15.4 Å². The van der Waals surface area contributed by atoms with Crippen LogP contribution in [-0.2, 0) is 29.0 Å². The summed E-state index contributed by atoms with van der Waals surface area (Å²) in [6, 6.07) is 5.43. The van der Waals surface area contributed by atoms with E-state index in [9.17, 15) is 14.4 Å². The number of carbonyl (C=O) groups is 3. The van der Waals surface area contributed by atoms with Gasteiger partial charge in [0.05, 0.1) is 17.2 Å². The molecule has 3 rings (SSSR count). The summed E-state index contributed by atoms with van der Waals surface area (Å²) in [5, 5.41) is 0. The quantitative estimate of drug-likeness (QED) is 0.788. The van der Waals surface area contributed by atoms with Crippen LogP contribution >= 0.6 is 11.3 Å². The fourth-order valence-electron chi connectivity index (χ4n) is 3.16. The number of aromatic nitrogens is 1. The Bertz CT molecular complexity index is 877. The maximum atomic E-state index is 12.5. The molecule has 0 saturated heterocycles. The van der Waals surface area contributed by atoms with Crippen LogP contribution in [0.3, 0.4) is 0 Å². The van der Waals surface area contributed by atoms with Gasteiger partial charge >= 0.3 is 5.97 Å². The van der Waals surface area contributed by atoms with Gasteiger partial charge in [0, 0.05) is 25.2 Å². The van der Waals surface area contributed by atoms with E-state index in [0.717, 1.165) is 10.4 Å². The topological polar surface area (TPSA) is 103 Å². The lowest BCUT2D eigenvalue weighted by Gasteiger charge is -2.22. The molecule has 2 amide bonds. The molecule has 2 aromatic heterocycles. The highest BCUT2D eigenvalue weighted by Gasteiger charge is 2.34. The third kappa shape index (κ3) is 4.00. The van der Waals surface area contributed by atoms with Crippen molar-refractivity contribution in [2.75, 3.05) is 14.1 Å². The van der Waals surface area contributed by atoms with Crippen molar-refractivity contribution >= 4 is 29.1 Å². The molecule has 0 radical (unpaired) electrons. The van der Waals surface area contributed by atoms with E-state index in [1.807, 2.05) is 6.07 Å². The van der Waals surface area contributed by atoms with Crippen LogP contribution in [0.4, 0.5) is 0 Å². The van der Waals surface area contributed by atoms with E-state index in [1.165, 1.54) is 16.2 Å². The van der Waals surface area contributed by atoms with Crippen LogP contribution < -0.4 is 5.73 Å². The van der Waals surface area contributed by atoms with E-state index in [4.69, 9.17) is 10.5 Å². The first-order valence-electron chi connectivity index (χ1n) is 8.61. The molecule has 2 N–H and O–H groups in total. The van der Waals surface area contributed by atoms with Gasteiger partial charge in [0.2, 0.25) is 0 Å². The van der Waals surface area contributed by atoms with Crippen molar-refractivity contribution in [2.24, 2.45) is 11.7 Å². The summed E-state index contributed by atoms with van der Waals surface area (Å²) in [6.07, 6.45) is 3.20. The summed E-state index contributed by atoms with van der Waals surface area (Å²) in [5.74, 6) is -1.45. The molecule has 8 heteroatoms. The molecule has 1 unspecified atom stereocenters. The highest BCUT2D eigenvalue weighted by Crippen LogP contribution is 2.37. The molecule has 27 heavy (non-hydrogen) atoms. The van der Waals surface area contributed by atoms with Crippen molar-refractivity contribution in [1.29, 1.82) is 0 Å². The van der Waals surface area contributed by atoms with Crippen LogP contribution in [0.1, 0.15) is 42.6 Å². The SMILES string of the molecule is CN(C)C(=O)c1c(C(N)=O)sc2c1CCC(C(=O)OCc1ccccn1)C2. The summed E-state index contributed by atoms with van der Waals surface area (Å²) < 4.78 is 5.39. The molecule has 0 spiro atoms. The molecular formula is C19H21N3O4S. The molecule has 0 bridgehead atoms. The zero-order valence-electron chi connectivity index (χ0n) is 15.2. The lowest BCUT2D eigenvalue weighted by atomic mass is 9.86. The molecule has 1 aliphatic rings. The highest BCUT2D eigenvalue weighted by atomic mass is 32.1. The number of carbonyl (C=O) groups excluding carboxylic acids is 3. The number of rotatable bonds is 5. The first-order chi connectivity index (χ1) is 12.9. The van der Waals surface area contributed by atoms with Gasteiger partial charge in [-0.25, -0.2) is 0 Å². The summed E-state index contributed by atoms with van der Waals surface area (Å²) in [4.78, 5) is 43.4. The van der Waals surface area contributed by atoms with Crippen molar-refractivity contribution in [1.82, 2.24) is 9.88 Å². The van der Waals surface area contributed by atoms with Gasteiger partial charge in [0.15, 0.2) is 0 Å². The number of fused-ring (bicyclic) bond motifs is 1. The third-order valence-corrected chi connectivity index (χ3v) is 5.80. The molecule has 2 heterocycles. The molecule has 0 aliphatic heterocycles. The molecule has 0 saturated carbocycles. The van der Waals surface area contributed by atoms with Crippen molar-refractivity contribution in [2.45, 2.75) is 25.9 Å². The second kappa shape index (κ2) is 7.87. The number of ether oxygens (including phenoxy) is 1. The van der Waals surface area contributed by atoms with E-state index in [1.54, 1.807) is 32.4 Å². The average Bonchev–Trinajstić information content (AvgIpc) is 3.05. The van der Waals surface area contributed by atoms with E-state index in [-0.39, 0.29) is 29.3 Å². The average molecular weight is 387 g/mol. The third-order valence-electron chi connectivity index (χ3n) is 4.53. The van der Waals surface area contributed by atoms with Gasteiger partial charge in [0.25, 0.3) is 11.8 Å². The zero-order valence-corrected chi connectivity index (χ0v) is 16.0. The van der Waals surface area contributed by atoms with Crippen LogP contribution in [-0.4, -0.2) is 41.8 Å². The lowest BCUT2D eigenvalue weighted by molar-refractivity contribution is -0.150. The number of pyridine rings is 1. The Morgan fingerprint density at radius 3 is 2.74 bits per heavy atom. The first-order valence-corrected chi connectivity index (χ1v) is 9.42. The number of nitrogens with two attached hydrogens (primary N) is 1. The first kappa shape index (κ1) is 19.0. The van der Waals surface area contributed by atoms with E-state index in [0.29, 0.717) is 30.5 Å². The largest absolute Gasteiger partial charge is 0.459 e. The smallest absolute Gasteiger partial charge is 0.309 e. The molecule has 0 fully saturated rings. The van der Waals surface area contributed by atoms with Crippen molar-refractivity contribution in [3.05, 3.63) is 51.0 Å². The second-order valence-corrected chi connectivity index (χ2v) is 7.75. The summed E-state index contributed by atoms with van der Waals surface area (Å²) >= 11 is 1.21. The van der Waals surface area contributed by atoms with Crippen LogP contribution in [0.2, 0.25) is 0 Å². The molecular weight excluding hydrogens is 366 g/mol. The van der Waals surface area contributed by atoms with Gasteiger partial charge in [-0.3, -0.25) is 19.4 Å². The van der Waals surface area contributed by atoms with Crippen molar-refractivity contribution in [3.8, 4) is 0 Å². The van der Waals surface area contributed by atoms with Crippen molar-refractivity contribution in [3.63, 3.8) is 0 Å². The van der Waals surface area contributed by atoms with Gasteiger partial charge in [-0.2, -0.15) is 0 Å². The monoisotopic (exact) mass is 387 g/mol. The number of esters is 1. The normalized spacial score (nSPS) is 15.7. The molecule has 1 atom stereocenters. The fourth-order valence-corrected chi connectivity index (χ4v) is 4.43. The van der Waals surface area contributed by atoms with Gasteiger partial charge in [-0.15, -0.1) is 11.3 Å². The maximum absolute atomic E-state index is 12.5. The van der Waals surface area contributed by atoms with Crippen LogP contribution in [0.5, 0.6) is 0 Å². The Hall–Kier alpha value is -2.74. The van der Waals surface area contributed by atoms with Crippen LogP contribution in [0, 0.1) is 5.92 Å². The Kier molecular flexibility index (Phi) is 5.55. The lowest BCUT2D eigenvalue weighted by Crippen LogP contribution is -2.28.